The average molecular weight is 341 g/mol. The lowest BCUT2D eigenvalue weighted by Gasteiger charge is -2.33. The molecule has 5 nitrogen and oxygen atoms in total. The van der Waals surface area contributed by atoms with Crippen LogP contribution in [0.2, 0.25) is 5.02 Å². The fourth-order valence-electron chi connectivity index (χ4n) is 3.15. The van der Waals surface area contributed by atoms with Crippen molar-refractivity contribution in [2.45, 2.75) is 11.6 Å². The summed E-state index contributed by atoms with van der Waals surface area (Å²) in [7, 11) is 0. The molecular weight excluding hydrogens is 328 g/mol. The molecule has 0 spiro atoms. The number of hydrogen-bond donors (Lipinski definition) is 2. The van der Waals surface area contributed by atoms with Crippen molar-refractivity contribution in [3.8, 4) is 0 Å². The van der Waals surface area contributed by atoms with E-state index in [1.165, 1.54) is 6.08 Å². The van der Waals surface area contributed by atoms with Crippen molar-refractivity contribution in [2.24, 2.45) is 0 Å². The topological polar surface area (TPSA) is 67.4 Å². The van der Waals surface area contributed by atoms with Crippen molar-refractivity contribution in [2.75, 3.05) is 10.6 Å². The number of cyclic esters (lactones) is 1. The molecule has 24 heavy (non-hydrogen) atoms. The summed E-state index contributed by atoms with van der Waals surface area (Å²) >= 11 is 6.06. The number of benzene rings is 2. The minimum Gasteiger partial charge on any atom is -0.451 e. The Morgan fingerprint density at radius 2 is 1.96 bits per heavy atom. The Balaban J connectivity index is 1.86. The first-order valence-electron chi connectivity index (χ1n) is 7.43. The zero-order valence-corrected chi connectivity index (χ0v) is 13.2. The van der Waals surface area contributed by atoms with Gasteiger partial charge in [-0.15, -0.1) is 0 Å². The van der Waals surface area contributed by atoms with Crippen LogP contribution >= 0.6 is 11.6 Å². The number of esters is 1. The molecule has 2 aliphatic rings. The molecule has 0 aromatic heterocycles. The summed E-state index contributed by atoms with van der Waals surface area (Å²) in [6, 6.07) is 14.4. The fourth-order valence-corrected chi connectivity index (χ4v) is 3.34. The van der Waals surface area contributed by atoms with E-state index in [-0.39, 0.29) is 5.91 Å². The number of carbonyl (C=O) groups excluding carboxylic acids is 2. The number of fused-ring (bicyclic) bond motifs is 1. The highest BCUT2D eigenvalue weighted by Crippen LogP contribution is 2.43. The lowest BCUT2D eigenvalue weighted by atomic mass is 9.85. The Kier molecular flexibility index (Phi) is 3.32. The molecule has 6 heteroatoms. The Morgan fingerprint density at radius 1 is 1.12 bits per heavy atom. The molecule has 2 atom stereocenters. The normalized spacial score (nSPS) is 24.5. The SMILES string of the molecule is O=C1C=CC(C2(Nc3cccc(Cl)c3)C(=O)Nc3ccccc32)O1. The van der Waals surface area contributed by atoms with Gasteiger partial charge >= 0.3 is 5.97 Å². The Labute approximate surface area is 143 Å². The summed E-state index contributed by atoms with van der Waals surface area (Å²) in [5.41, 5.74) is 0.822. The molecule has 0 radical (unpaired) electrons. The van der Waals surface area contributed by atoms with Gasteiger partial charge in [0.1, 0.15) is 0 Å². The van der Waals surface area contributed by atoms with Gasteiger partial charge in [-0.2, -0.15) is 0 Å². The van der Waals surface area contributed by atoms with E-state index >= 15 is 0 Å². The van der Waals surface area contributed by atoms with Gasteiger partial charge in [0.15, 0.2) is 11.6 Å². The van der Waals surface area contributed by atoms with Crippen LogP contribution in [0.5, 0.6) is 0 Å². The van der Waals surface area contributed by atoms with Crippen LogP contribution in [0.25, 0.3) is 0 Å². The predicted octanol–water partition coefficient (Wildman–Crippen LogP) is 3.08. The average Bonchev–Trinajstić information content (AvgIpc) is 3.10. The maximum atomic E-state index is 12.9. The number of hydrogen-bond acceptors (Lipinski definition) is 4. The highest BCUT2D eigenvalue weighted by Gasteiger charge is 2.54. The number of ether oxygens (including phenoxy) is 1. The minimum absolute atomic E-state index is 0.284. The van der Waals surface area contributed by atoms with E-state index in [4.69, 9.17) is 16.3 Å². The smallest absolute Gasteiger partial charge is 0.331 e. The van der Waals surface area contributed by atoms with Gasteiger partial charge in [-0.05, 0) is 30.3 Å². The quantitative estimate of drug-likeness (QED) is 0.843. The van der Waals surface area contributed by atoms with Gasteiger partial charge < -0.3 is 15.4 Å². The zero-order valence-electron chi connectivity index (χ0n) is 12.5. The molecule has 2 aliphatic heterocycles. The van der Waals surface area contributed by atoms with Gasteiger partial charge in [-0.3, -0.25) is 4.79 Å². The van der Waals surface area contributed by atoms with Crippen LogP contribution in [-0.2, 0) is 19.9 Å². The second-order valence-corrected chi connectivity index (χ2v) is 6.10. The van der Waals surface area contributed by atoms with Gasteiger partial charge in [0.05, 0.1) is 0 Å². The van der Waals surface area contributed by atoms with E-state index in [2.05, 4.69) is 10.6 Å². The Hall–Kier alpha value is -2.79. The molecule has 2 aromatic carbocycles. The number of rotatable bonds is 3. The van der Waals surface area contributed by atoms with Gasteiger partial charge in [-0.25, -0.2) is 4.79 Å². The Bertz CT molecular complexity index is 880. The molecule has 2 unspecified atom stereocenters. The number of halogens is 1. The zero-order chi connectivity index (χ0) is 16.7. The number of nitrogens with one attached hydrogen (secondary N) is 2. The van der Waals surface area contributed by atoms with E-state index in [9.17, 15) is 9.59 Å². The minimum atomic E-state index is -1.25. The molecule has 120 valence electrons. The highest BCUT2D eigenvalue weighted by atomic mass is 35.5. The third kappa shape index (κ3) is 2.17. The summed E-state index contributed by atoms with van der Waals surface area (Å²) < 4.78 is 5.37. The van der Waals surface area contributed by atoms with Crippen LogP contribution in [-0.4, -0.2) is 18.0 Å². The number of para-hydroxylation sites is 1. The van der Waals surface area contributed by atoms with Crippen LogP contribution in [0.3, 0.4) is 0 Å². The van der Waals surface area contributed by atoms with Gasteiger partial charge in [-0.1, -0.05) is 35.9 Å². The third-order valence-electron chi connectivity index (χ3n) is 4.20. The first kappa shape index (κ1) is 14.8. The summed E-state index contributed by atoms with van der Waals surface area (Å²) in [4.78, 5) is 24.5. The Morgan fingerprint density at radius 3 is 2.71 bits per heavy atom. The van der Waals surface area contributed by atoms with Crippen LogP contribution in [0, 0.1) is 0 Å². The van der Waals surface area contributed by atoms with Crippen molar-refractivity contribution in [1.29, 1.82) is 0 Å². The number of carbonyl (C=O) groups is 2. The molecule has 2 aromatic rings. The summed E-state index contributed by atoms with van der Waals surface area (Å²) in [5.74, 6) is -0.752. The van der Waals surface area contributed by atoms with Crippen LogP contribution in [0.1, 0.15) is 5.56 Å². The molecule has 4 rings (SSSR count). The predicted molar refractivity (Wildman–Crippen MR) is 90.8 cm³/mol. The largest absolute Gasteiger partial charge is 0.451 e. The van der Waals surface area contributed by atoms with Crippen LogP contribution in [0.4, 0.5) is 11.4 Å². The van der Waals surface area contributed by atoms with E-state index < -0.39 is 17.6 Å². The number of amides is 1. The third-order valence-corrected chi connectivity index (χ3v) is 4.44. The maximum absolute atomic E-state index is 12.9. The van der Waals surface area contributed by atoms with Gasteiger partial charge in [0, 0.05) is 28.0 Å². The molecular formula is C18H13ClN2O3. The highest BCUT2D eigenvalue weighted by molar-refractivity contribution is 6.30. The monoisotopic (exact) mass is 340 g/mol. The summed E-state index contributed by atoms with van der Waals surface area (Å²) in [5, 5.41) is 6.64. The van der Waals surface area contributed by atoms with Crippen molar-refractivity contribution >= 4 is 34.9 Å². The standard InChI is InChI=1S/C18H13ClN2O3/c19-11-4-3-5-12(10-11)21-18(15-8-9-16(22)24-15)13-6-1-2-7-14(13)20-17(18)23/h1-10,15,21H,(H,20,23). The van der Waals surface area contributed by atoms with Crippen LogP contribution < -0.4 is 10.6 Å². The van der Waals surface area contributed by atoms with E-state index in [1.807, 2.05) is 30.3 Å². The molecule has 0 saturated carbocycles. The van der Waals surface area contributed by atoms with Gasteiger partial charge in [0.2, 0.25) is 0 Å². The fraction of sp³-hybridized carbons (Fsp3) is 0.111. The van der Waals surface area contributed by atoms with Crippen molar-refractivity contribution < 1.29 is 14.3 Å². The lowest BCUT2D eigenvalue weighted by molar-refractivity contribution is -0.142. The molecule has 0 fully saturated rings. The molecule has 1 amide bonds. The maximum Gasteiger partial charge on any atom is 0.331 e. The van der Waals surface area contributed by atoms with Crippen molar-refractivity contribution in [3.05, 3.63) is 71.3 Å². The van der Waals surface area contributed by atoms with E-state index in [1.54, 1.807) is 24.3 Å². The second-order valence-electron chi connectivity index (χ2n) is 5.66. The first-order valence-corrected chi connectivity index (χ1v) is 7.81. The number of anilines is 2. The van der Waals surface area contributed by atoms with Gasteiger partial charge in [0.25, 0.3) is 5.91 Å². The van der Waals surface area contributed by atoms with E-state index in [0.29, 0.717) is 16.4 Å². The molecule has 0 aliphatic carbocycles. The molecule has 0 saturated heterocycles. The van der Waals surface area contributed by atoms with E-state index in [0.717, 1.165) is 5.56 Å². The summed E-state index contributed by atoms with van der Waals surface area (Å²) in [6.45, 7) is 0. The van der Waals surface area contributed by atoms with Crippen molar-refractivity contribution in [1.82, 2.24) is 0 Å². The second kappa shape index (κ2) is 5.39. The summed E-state index contributed by atoms with van der Waals surface area (Å²) in [6.07, 6.45) is 2.18. The van der Waals surface area contributed by atoms with Crippen molar-refractivity contribution in [3.63, 3.8) is 0 Å². The first-order chi connectivity index (χ1) is 11.6. The molecule has 0 bridgehead atoms. The molecule has 2 heterocycles. The van der Waals surface area contributed by atoms with Crippen LogP contribution in [0.15, 0.2) is 60.7 Å². The lowest BCUT2D eigenvalue weighted by Crippen LogP contribution is -2.51. The molecule has 2 N–H and O–H groups in total.